The Morgan fingerprint density at radius 1 is 1.09 bits per heavy atom. The van der Waals surface area contributed by atoms with E-state index in [1.807, 2.05) is 30.5 Å². The van der Waals surface area contributed by atoms with Crippen LogP contribution in [0, 0.1) is 17.4 Å². The van der Waals surface area contributed by atoms with Gasteiger partial charge in [0, 0.05) is 24.1 Å². The van der Waals surface area contributed by atoms with Crippen LogP contribution >= 0.6 is 0 Å². The van der Waals surface area contributed by atoms with Crippen LogP contribution in [0.4, 0.5) is 0 Å². The SMILES string of the molecule is N#CN(N1CCC[C@@H]1CCCOc1ccc(C(=O)C2CC2)cc1)S(=O)(=O)c1ccccc1. The van der Waals surface area contributed by atoms with Gasteiger partial charge in [0.2, 0.25) is 6.19 Å². The van der Waals surface area contributed by atoms with Crippen molar-refractivity contribution in [3.63, 3.8) is 0 Å². The molecule has 2 aromatic carbocycles. The third kappa shape index (κ3) is 4.95. The van der Waals surface area contributed by atoms with Crippen LogP contribution in [-0.2, 0) is 10.0 Å². The summed E-state index contributed by atoms with van der Waals surface area (Å²) in [5, 5.41) is 11.3. The normalized spacial score (nSPS) is 18.8. The molecule has 1 aliphatic heterocycles. The molecule has 8 heteroatoms. The predicted molar refractivity (Wildman–Crippen MR) is 119 cm³/mol. The first-order valence-electron chi connectivity index (χ1n) is 11.0. The number of benzene rings is 2. The van der Waals surface area contributed by atoms with Gasteiger partial charge in [-0.2, -0.15) is 18.7 Å². The number of nitrogens with zero attached hydrogens (tertiary/aromatic N) is 3. The van der Waals surface area contributed by atoms with Crippen molar-refractivity contribution in [3.8, 4) is 11.9 Å². The first kappa shape index (κ1) is 22.3. The third-order valence-corrected chi connectivity index (χ3v) is 7.59. The molecule has 4 rings (SSSR count). The van der Waals surface area contributed by atoms with Crippen molar-refractivity contribution in [2.45, 2.75) is 49.5 Å². The van der Waals surface area contributed by atoms with E-state index in [0.717, 1.165) is 48.5 Å². The Morgan fingerprint density at radius 3 is 2.47 bits per heavy atom. The average Bonchev–Trinajstić information content (AvgIpc) is 3.57. The average molecular weight is 454 g/mol. The molecule has 0 radical (unpaired) electrons. The number of carbonyl (C=O) groups is 1. The molecule has 0 bridgehead atoms. The summed E-state index contributed by atoms with van der Waals surface area (Å²) in [6.07, 6.45) is 6.98. The van der Waals surface area contributed by atoms with Gasteiger partial charge in [-0.25, -0.2) is 0 Å². The minimum atomic E-state index is -3.91. The highest BCUT2D eigenvalue weighted by Crippen LogP contribution is 2.33. The molecule has 1 atom stereocenters. The number of sulfonamides is 1. The van der Waals surface area contributed by atoms with Crippen LogP contribution in [0.3, 0.4) is 0 Å². The molecule has 7 nitrogen and oxygen atoms in total. The van der Waals surface area contributed by atoms with Crippen molar-refractivity contribution in [1.29, 1.82) is 5.26 Å². The predicted octanol–water partition coefficient (Wildman–Crippen LogP) is 3.99. The second kappa shape index (κ2) is 9.72. The Hall–Kier alpha value is -2.89. The fraction of sp³-hybridized carbons (Fsp3) is 0.417. The lowest BCUT2D eigenvalue weighted by atomic mass is 10.1. The molecule has 1 heterocycles. The summed E-state index contributed by atoms with van der Waals surface area (Å²) in [7, 11) is -3.91. The number of ketones is 1. The largest absolute Gasteiger partial charge is 0.494 e. The quantitative estimate of drug-likeness (QED) is 0.234. The molecule has 1 saturated heterocycles. The standard InChI is InChI=1S/C24H27N3O4S/c25-18-27(32(29,30)23-8-2-1-3-9-23)26-16-4-6-21(26)7-5-17-31-22-14-12-20(13-15-22)24(28)19-10-11-19/h1-3,8-9,12-15,19,21H,4-7,10-11,16-17H2/t21-/m1/s1. The molecule has 0 spiro atoms. The number of carbonyl (C=O) groups excluding carboxylic acids is 1. The molecule has 168 valence electrons. The summed E-state index contributed by atoms with van der Waals surface area (Å²) < 4.78 is 32.5. The summed E-state index contributed by atoms with van der Waals surface area (Å²) in [5.74, 6) is 1.13. The molecule has 0 N–H and O–H groups in total. The number of hydrogen-bond donors (Lipinski definition) is 0. The molecule has 32 heavy (non-hydrogen) atoms. The zero-order valence-corrected chi connectivity index (χ0v) is 18.7. The molecule has 2 fully saturated rings. The number of Topliss-reactive ketones (excluding diaryl/α,β-unsaturated/α-hetero) is 1. The van der Waals surface area contributed by atoms with Crippen LogP contribution in [0.25, 0.3) is 0 Å². The Morgan fingerprint density at radius 2 is 1.81 bits per heavy atom. The Kier molecular flexibility index (Phi) is 6.77. The minimum Gasteiger partial charge on any atom is -0.494 e. The van der Waals surface area contributed by atoms with Gasteiger partial charge in [0.1, 0.15) is 5.75 Å². The summed E-state index contributed by atoms with van der Waals surface area (Å²) >= 11 is 0. The maximum atomic E-state index is 12.9. The van der Waals surface area contributed by atoms with Gasteiger partial charge in [-0.05, 0) is 74.9 Å². The first-order chi connectivity index (χ1) is 15.5. The maximum Gasteiger partial charge on any atom is 0.286 e. The smallest absolute Gasteiger partial charge is 0.286 e. The molecule has 0 aromatic heterocycles. The zero-order valence-electron chi connectivity index (χ0n) is 17.9. The summed E-state index contributed by atoms with van der Waals surface area (Å²) in [5.41, 5.74) is 0.734. The van der Waals surface area contributed by atoms with Crippen LogP contribution in [-0.4, -0.2) is 42.8 Å². The zero-order chi connectivity index (χ0) is 22.6. The lowest BCUT2D eigenvalue weighted by molar-refractivity contribution is 0.0862. The van der Waals surface area contributed by atoms with E-state index in [9.17, 15) is 18.5 Å². The topological polar surface area (TPSA) is 90.7 Å². The van der Waals surface area contributed by atoms with Gasteiger partial charge in [0.25, 0.3) is 10.0 Å². The van der Waals surface area contributed by atoms with E-state index in [1.165, 1.54) is 12.1 Å². The highest BCUT2D eigenvalue weighted by atomic mass is 32.2. The van der Waals surface area contributed by atoms with Crippen molar-refractivity contribution in [3.05, 3.63) is 60.2 Å². The highest BCUT2D eigenvalue weighted by molar-refractivity contribution is 7.89. The minimum absolute atomic E-state index is 0.0322. The molecular weight excluding hydrogens is 426 g/mol. The highest BCUT2D eigenvalue weighted by Gasteiger charge is 2.36. The van der Waals surface area contributed by atoms with Crippen LogP contribution in [0.2, 0.25) is 0 Å². The number of nitriles is 1. The Balaban J connectivity index is 1.30. The fourth-order valence-corrected chi connectivity index (χ4v) is 5.40. The van der Waals surface area contributed by atoms with E-state index in [-0.39, 0.29) is 22.6 Å². The van der Waals surface area contributed by atoms with Crippen LogP contribution < -0.4 is 4.74 Å². The van der Waals surface area contributed by atoms with Crippen molar-refractivity contribution in [2.24, 2.45) is 5.92 Å². The van der Waals surface area contributed by atoms with Gasteiger partial charge in [-0.1, -0.05) is 18.2 Å². The van der Waals surface area contributed by atoms with E-state index in [0.29, 0.717) is 18.9 Å². The molecule has 0 unspecified atom stereocenters. The van der Waals surface area contributed by atoms with Crippen LogP contribution in [0.1, 0.15) is 48.9 Å². The lowest BCUT2D eigenvalue weighted by Crippen LogP contribution is -2.46. The summed E-state index contributed by atoms with van der Waals surface area (Å²) in [6, 6.07) is 15.3. The maximum absolute atomic E-state index is 12.9. The fourth-order valence-electron chi connectivity index (χ4n) is 4.10. The molecule has 0 amide bonds. The van der Waals surface area contributed by atoms with E-state index in [2.05, 4.69) is 0 Å². The second-order valence-electron chi connectivity index (χ2n) is 8.27. The van der Waals surface area contributed by atoms with Crippen LogP contribution in [0.5, 0.6) is 5.75 Å². The van der Waals surface area contributed by atoms with Crippen molar-refractivity contribution < 1.29 is 17.9 Å². The van der Waals surface area contributed by atoms with Gasteiger partial charge in [0.05, 0.1) is 11.5 Å². The number of hydrazine groups is 1. The number of hydrogen-bond acceptors (Lipinski definition) is 6. The van der Waals surface area contributed by atoms with Gasteiger partial charge in [-0.3, -0.25) is 4.79 Å². The van der Waals surface area contributed by atoms with Crippen molar-refractivity contribution >= 4 is 15.8 Å². The molecule has 2 aromatic rings. The first-order valence-corrected chi connectivity index (χ1v) is 12.5. The Bertz CT molecular complexity index is 1080. The lowest BCUT2D eigenvalue weighted by Gasteiger charge is -2.31. The third-order valence-electron chi connectivity index (χ3n) is 5.97. The van der Waals surface area contributed by atoms with Gasteiger partial charge in [0.15, 0.2) is 5.78 Å². The van der Waals surface area contributed by atoms with E-state index < -0.39 is 10.0 Å². The molecular formula is C24H27N3O4S. The van der Waals surface area contributed by atoms with Gasteiger partial charge in [-0.15, -0.1) is 4.41 Å². The monoisotopic (exact) mass is 453 g/mol. The van der Waals surface area contributed by atoms with Gasteiger partial charge >= 0.3 is 0 Å². The number of ether oxygens (including phenoxy) is 1. The van der Waals surface area contributed by atoms with E-state index >= 15 is 0 Å². The molecule has 1 aliphatic carbocycles. The van der Waals surface area contributed by atoms with Crippen molar-refractivity contribution in [1.82, 2.24) is 9.42 Å². The van der Waals surface area contributed by atoms with Crippen LogP contribution in [0.15, 0.2) is 59.5 Å². The summed E-state index contributed by atoms with van der Waals surface area (Å²) in [4.78, 5) is 12.2. The Labute approximate surface area is 189 Å². The van der Waals surface area contributed by atoms with Gasteiger partial charge < -0.3 is 4.74 Å². The van der Waals surface area contributed by atoms with E-state index in [4.69, 9.17) is 4.74 Å². The van der Waals surface area contributed by atoms with Crippen molar-refractivity contribution in [2.75, 3.05) is 13.2 Å². The second-order valence-corrected chi connectivity index (χ2v) is 10.0. The summed E-state index contributed by atoms with van der Waals surface area (Å²) in [6.45, 7) is 1.01. The van der Waals surface area contributed by atoms with E-state index in [1.54, 1.807) is 23.2 Å². The number of rotatable bonds is 10. The molecule has 1 saturated carbocycles. The molecule has 2 aliphatic rings.